The minimum Gasteiger partial charge on any atom is -0.478 e. The van der Waals surface area contributed by atoms with Crippen LogP contribution in [0.4, 0.5) is 10.2 Å². The van der Waals surface area contributed by atoms with Gasteiger partial charge in [0.2, 0.25) is 0 Å². The van der Waals surface area contributed by atoms with Gasteiger partial charge >= 0.3 is 5.97 Å². The van der Waals surface area contributed by atoms with Gasteiger partial charge < -0.3 is 15.3 Å². The van der Waals surface area contributed by atoms with Crippen LogP contribution in [0.15, 0.2) is 42.7 Å². The third-order valence-electron chi connectivity index (χ3n) is 5.08. The smallest absolute Gasteiger partial charge is 0.335 e. The van der Waals surface area contributed by atoms with Crippen LogP contribution in [0.25, 0.3) is 5.69 Å². The molecule has 2 aromatic heterocycles. The average Bonchev–Trinajstić information content (AvgIpc) is 3.21. The monoisotopic (exact) mass is 430 g/mol. The van der Waals surface area contributed by atoms with Gasteiger partial charge in [0, 0.05) is 31.9 Å². The maximum absolute atomic E-state index is 13.2. The molecular formula is C20H20ClFN6O2. The second-order valence-corrected chi connectivity index (χ2v) is 7.51. The Hall–Kier alpha value is -3.04. The van der Waals surface area contributed by atoms with E-state index in [1.54, 1.807) is 18.3 Å². The van der Waals surface area contributed by atoms with Crippen molar-refractivity contribution in [2.45, 2.75) is 25.4 Å². The molecule has 0 saturated carbocycles. The number of hydrogen-bond donors (Lipinski definition) is 2. The summed E-state index contributed by atoms with van der Waals surface area (Å²) >= 11 is 6.08. The zero-order valence-corrected chi connectivity index (χ0v) is 16.8. The first-order chi connectivity index (χ1) is 14.5. The number of rotatable bonds is 6. The number of pyridine rings is 1. The quantitative estimate of drug-likeness (QED) is 0.620. The van der Waals surface area contributed by atoms with E-state index in [1.807, 2.05) is 0 Å². The lowest BCUT2D eigenvalue weighted by Gasteiger charge is -2.33. The van der Waals surface area contributed by atoms with Gasteiger partial charge in [-0.3, -0.25) is 0 Å². The molecule has 1 aliphatic rings. The van der Waals surface area contributed by atoms with Crippen LogP contribution < -0.4 is 10.2 Å². The molecule has 3 heterocycles. The third kappa shape index (κ3) is 4.58. The predicted octanol–water partition coefficient (Wildman–Crippen LogP) is 2.91. The number of benzene rings is 1. The lowest BCUT2D eigenvalue weighted by molar-refractivity contribution is 0.0696. The van der Waals surface area contributed by atoms with Crippen molar-refractivity contribution in [1.82, 2.24) is 25.3 Å². The summed E-state index contributed by atoms with van der Waals surface area (Å²) < 4.78 is 14.7. The molecule has 0 radical (unpaired) electrons. The van der Waals surface area contributed by atoms with Crippen molar-refractivity contribution < 1.29 is 14.3 Å². The number of anilines is 1. The highest BCUT2D eigenvalue weighted by molar-refractivity contribution is 6.32. The Morgan fingerprint density at radius 1 is 1.27 bits per heavy atom. The van der Waals surface area contributed by atoms with Crippen LogP contribution in [-0.4, -0.2) is 50.2 Å². The molecule has 0 bridgehead atoms. The predicted molar refractivity (Wildman–Crippen MR) is 110 cm³/mol. The first-order valence-corrected chi connectivity index (χ1v) is 9.92. The van der Waals surface area contributed by atoms with E-state index in [-0.39, 0.29) is 10.6 Å². The van der Waals surface area contributed by atoms with Gasteiger partial charge in [0.05, 0.1) is 28.2 Å². The van der Waals surface area contributed by atoms with Crippen molar-refractivity contribution in [3.63, 3.8) is 0 Å². The largest absolute Gasteiger partial charge is 0.478 e. The minimum atomic E-state index is -0.954. The molecule has 3 aromatic rings. The van der Waals surface area contributed by atoms with E-state index in [9.17, 15) is 9.18 Å². The molecule has 8 nitrogen and oxygen atoms in total. The lowest BCUT2D eigenvalue weighted by Crippen LogP contribution is -2.42. The second-order valence-electron chi connectivity index (χ2n) is 7.10. The fourth-order valence-corrected chi connectivity index (χ4v) is 3.70. The molecule has 0 amide bonds. The summed E-state index contributed by atoms with van der Waals surface area (Å²) in [5, 5.41) is 21.1. The molecule has 0 atom stereocenters. The van der Waals surface area contributed by atoms with Gasteiger partial charge in [0.15, 0.2) is 0 Å². The number of carboxylic acid groups (broad SMARTS) is 1. The molecule has 30 heavy (non-hydrogen) atoms. The first-order valence-electron chi connectivity index (χ1n) is 9.54. The summed E-state index contributed by atoms with van der Waals surface area (Å²) in [6, 6.07) is 7.54. The Bertz CT molecular complexity index is 1050. The molecule has 0 spiro atoms. The number of carbonyl (C=O) groups is 1. The number of piperidine rings is 1. The van der Waals surface area contributed by atoms with E-state index in [2.05, 4.69) is 25.5 Å². The normalized spacial score (nSPS) is 14.8. The van der Waals surface area contributed by atoms with E-state index in [4.69, 9.17) is 16.7 Å². The number of nitrogens with zero attached hydrogens (tertiary/aromatic N) is 5. The van der Waals surface area contributed by atoms with E-state index in [0.29, 0.717) is 24.1 Å². The maximum atomic E-state index is 13.2. The maximum Gasteiger partial charge on any atom is 0.335 e. The summed E-state index contributed by atoms with van der Waals surface area (Å²) in [5.74, 6) is -0.667. The van der Waals surface area contributed by atoms with Gasteiger partial charge in [-0.25, -0.2) is 18.9 Å². The van der Waals surface area contributed by atoms with Crippen LogP contribution in [0.1, 0.15) is 28.9 Å². The fourth-order valence-electron chi connectivity index (χ4n) is 3.45. The van der Waals surface area contributed by atoms with Gasteiger partial charge in [-0.2, -0.15) is 0 Å². The zero-order valence-electron chi connectivity index (χ0n) is 16.0. The SMILES string of the molecule is O=C(O)c1ccnc(N2CCC(NCc3cn(-c4ccc(F)cc4Cl)nn3)CC2)c1. The van der Waals surface area contributed by atoms with Crippen molar-refractivity contribution in [2.75, 3.05) is 18.0 Å². The van der Waals surface area contributed by atoms with Crippen LogP contribution in [0, 0.1) is 5.82 Å². The van der Waals surface area contributed by atoms with E-state index < -0.39 is 11.8 Å². The topological polar surface area (TPSA) is 96.2 Å². The van der Waals surface area contributed by atoms with Gasteiger partial charge in [-0.1, -0.05) is 16.8 Å². The molecular weight excluding hydrogens is 411 g/mol. The number of aromatic carboxylic acids is 1. The van der Waals surface area contributed by atoms with Crippen LogP contribution in [0.3, 0.4) is 0 Å². The highest BCUT2D eigenvalue weighted by Crippen LogP contribution is 2.21. The van der Waals surface area contributed by atoms with Crippen LogP contribution in [-0.2, 0) is 6.54 Å². The molecule has 156 valence electrons. The highest BCUT2D eigenvalue weighted by Gasteiger charge is 2.21. The van der Waals surface area contributed by atoms with Gasteiger partial charge in [-0.15, -0.1) is 5.10 Å². The Kier molecular flexibility index (Phi) is 5.91. The number of aromatic nitrogens is 4. The van der Waals surface area contributed by atoms with E-state index in [1.165, 1.54) is 29.1 Å². The molecule has 1 fully saturated rings. The Morgan fingerprint density at radius 3 is 2.80 bits per heavy atom. The first kappa shape index (κ1) is 20.2. The van der Waals surface area contributed by atoms with Gasteiger partial charge in [-0.05, 0) is 43.2 Å². The lowest BCUT2D eigenvalue weighted by atomic mass is 10.0. The molecule has 2 N–H and O–H groups in total. The van der Waals surface area contributed by atoms with E-state index in [0.717, 1.165) is 31.6 Å². The van der Waals surface area contributed by atoms with Gasteiger partial charge in [0.1, 0.15) is 11.6 Å². The molecule has 4 rings (SSSR count). The minimum absolute atomic E-state index is 0.240. The summed E-state index contributed by atoms with van der Waals surface area (Å²) in [6.45, 7) is 2.12. The molecule has 0 aliphatic carbocycles. The Morgan fingerprint density at radius 2 is 2.07 bits per heavy atom. The van der Waals surface area contributed by atoms with Gasteiger partial charge in [0.25, 0.3) is 0 Å². The van der Waals surface area contributed by atoms with Crippen molar-refractivity contribution in [3.8, 4) is 5.69 Å². The zero-order chi connectivity index (χ0) is 21.1. The standard InChI is InChI=1S/C20H20ClFN6O2/c21-17-10-14(22)1-2-18(17)28-12-16(25-26-28)11-24-15-4-7-27(8-5-15)19-9-13(20(29)30)3-6-23-19/h1-3,6,9-10,12,15,24H,4-5,7-8,11H2,(H,29,30). The fraction of sp³-hybridized carbons (Fsp3) is 0.300. The van der Waals surface area contributed by atoms with Crippen LogP contribution in [0.5, 0.6) is 0 Å². The number of carboxylic acids is 1. The summed E-state index contributed by atoms with van der Waals surface area (Å²) in [6.07, 6.45) is 5.09. The van der Waals surface area contributed by atoms with Crippen molar-refractivity contribution in [2.24, 2.45) is 0 Å². The summed E-state index contributed by atoms with van der Waals surface area (Å²) in [4.78, 5) is 17.5. The van der Waals surface area contributed by atoms with Crippen molar-refractivity contribution in [3.05, 3.63) is 64.8 Å². The van der Waals surface area contributed by atoms with Crippen LogP contribution in [0.2, 0.25) is 5.02 Å². The van der Waals surface area contributed by atoms with Crippen molar-refractivity contribution >= 4 is 23.4 Å². The second kappa shape index (κ2) is 8.76. The summed E-state index contributed by atoms with van der Waals surface area (Å²) in [7, 11) is 0. The number of halogens is 2. The highest BCUT2D eigenvalue weighted by atomic mass is 35.5. The summed E-state index contributed by atoms with van der Waals surface area (Å²) in [5.41, 5.74) is 1.57. The Balaban J connectivity index is 1.31. The molecule has 1 saturated heterocycles. The van der Waals surface area contributed by atoms with Crippen molar-refractivity contribution in [1.29, 1.82) is 0 Å². The van der Waals surface area contributed by atoms with E-state index >= 15 is 0 Å². The van der Waals surface area contributed by atoms with Crippen LogP contribution >= 0.6 is 11.6 Å². The number of hydrogen-bond acceptors (Lipinski definition) is 6. The molecule has 10 heteroatoms. The third-order valence-corrected chi connectivity index (χ3v) is 5.38. The molecule has 0 unspecified atom stereocenters. The molecule has 1 aliphatic heterocycles. The molecule has 1 aromatic carbocycles. The Labute approximate surface area is 177 Å². The average molecular weight is 431 g/mol. The number of nitrogens with one attached hydrogen (secondary N) is 1.